The molecule has 0 bridgehead atoms. The van der Waals surface area contributed by atoms with Crippen molar-refractivity contribution in [2.24, 2.45) is 0 Å². The average molecular weight is 261 g/mol. The molecule has 0 aromatic heterocycles. The number of anilines is 1. The second kappa shape index (κ2) is 5.87. The second-order valence-electron chi connectivity index (χ2n) is 4.73. The summed E-state index contributed by atoms with van der Waals surface area (Å²) in [4.78, 5) is 25.0. The molecule has 1 aliphatic heterocycles. The van der Waals surface area contributed by atoms with Crippen LogP contribution in [-0.2, 0) is 9.59 Å². The van der Waals surface area contributed by atoms with E-state index in [0.29, 0.717) is 18.6 Å². The molecule has 1 unspecified atom stereocenters. The van der Waals surface area contributed by atoms with Crippen LogP contribution in [-0.4, -0.2) is 24.3 Å². The van der Waals surface area contributed by atoms with E-state index in [1.165, 1.54) is 0 Å². The topological polar surface area (TPSA) is 46.6 Å². The van der Waals surface area contributed by atoms with Crippen LogP contribution < -0.4 is 9.64 Å². The maximum atomic E-state index is 11.7. The molecule has 0 aliphatic carbocycles. The minimum Gasteiger partial charge on any atom is -0.483 e. The Bertz CT molecular complexity index is 484. The minimum atomic E-state index is -0.450. The molecule has 0 N–H and O–H groups in total. The van der Waals surface area contributed by atoms with Crippen LogP contribution in [0.2, 0.25) is 0 Å². The summed E-state index contributed by atoms with van der Waals surface area (Å²) in [7, 11) is 0. The van der Waals surface area contributed by atoms with E-state index in [9.17, 15) is 9.59 Å². The second-order valence-corrected chi connectivity index (χ2v) is 4.73. The van der Waals surface area contributed by atoms with Crippen molar-refractivity contribution in [2.75, 3.05) is 11.4 Å². The molecule has 1 aromatic rings. The van der Waals surface area contributed by atoms with Crippen LogP contribution in [0, 0.1) is 0 Å². The molecular weight excluding hydrogens is 242 g/mol. The van der Waals surface area contributed by atoms with Gasteiger partial charge in [0.15, 0.2) is 11.9 Å². The molecule has 1 aliphatic rings. The highest BCUT2D eigenvalue weighted by Crippen LogP contribution is 2.25. The molecule has 2 rings (SSSR count). The number of amides is 1. The van der Waals surface area contributed by atoms with Crippen molar-refractivity contribution in [3.05, 3.63) is 24.3 Å². The number of hydrogen-bond acceptors (Lipinski definition) is 3. The summed E-state index contributed by atoms with van der Waals surface area (Å²) < 4.78 is 5.61. The van der Waals surface area contributed by atoms with E-state index >= 15 is 0 Å². The first-order chi connectivity index (χ1) is 9.11. The number of carbonyl (C=O) groups is 2. The highest BCUT2D eigenvalue weighted by molar-refractivity contribution is 5.95. The minimum absolute atomic E-state index is 0.0719. The Morgan fingerprint density at radius 1 is 1.47 bits per heavy atom. The third kappa shape index (κ3) is 3.13. The molecule has 0 radical (unpaired) electrons. The van der Waals surface area contributed by atoms with Crippen molar-refractivity contribution >= 4 is 17.4 Å². The third-order valence-electron chi connectivity index (χ3n) is 3.32. The summed E-state index contributed by atoms with van der Waals surface area (Å²) in [6, 6.07) is 7.37. The largest absolute Gasteiger partial charge is 0.483 e. The number of rotatable bonds is 5. The molecular formula is C15H19NO3. The Morgan fingerprint density at radius 3 is 2.89 bits per heavy atom. The Morgan fingerprint density at radius 2 is 2.26 bits per heavy atom. The van der Waals surface area contributed by atoms with Gasteiger partial charge in [-0.1, -0.05) is 13.0 Å². The summed E-state index contributed by atoms with van der Waals surface area (Å²) in [6.07, 6.45) is 1.52. The van der Waals surface area contributed by atoms with Crippen LogP contribution >= 0.6 is 0 Å². The van der Waals surface area contributed by atoms with Gasteiger partial charge in [0.1, 0.15) is 5.75 Å². The van der Waals surface area contributed by atoms with E-state index in [1.54, 1.807) is 11.8 Å². The molecule has 4 nitrogen and oxygen atoms in total. The van der Waals surface area contributed by atoms with Crippen molar-refractivity contribution in [1.29, 1.82) is 0 Å². The first kappa shape index (κ1) is 13.6. The van der Waals surface area contributed by atoms with E-state index < -0.39 is 6.10 Å². The van der Waals surface area contributed by atoms with E-state index in [-0.39, 0.29) is 11.7 Å². The average Bonchev–Trinajstić information content (AvgIpc) is 2.84. The molecule has 1 aromatic carbocycles. The van der Waals surface area contributed by atoms with Gasteiger partial charge in [-0.2, -0.15) is 0 Å². The SMILES string of the molecule is CCC(=O)C(C)Oc1cccc(N2CCCC2=O)c1. The first-order valence-corrected chi connectivity index (χ1v) is 6.71. The fourth-order valence-corrected chi connectivity index (χ4v) is 2.20. The number of nitrogens with zero attached hydrogens (tertiary/aromatic N) is 1. The first-order valence-electron chi connectivity index (χ1n) is 6.71. The van der Waals surface area contributed by atoms with E-state index in [0.717, 1.165) is 18.7 Å². The van der Waals surface area contributed by atoms with Gasteiger partial charge in [-0.25, -0.2) is 0 Å². The van der Waals surface area contributed by atoms with E-state index in [2.05, 4.69) is 0 Å². The molecule has 19 heavy (non-hydrogen) atoms. The fraction of sp³-hybridized carbons (Fsp3) is 0.467. The van der Waals surface area contributed by atoms with Crippen LogP contribution in [0.5, 0.6) is 5.75 Å². The number of carbonyl (C=O) groups excluding carboxylic acids is 2. The molecule has 1 atom stereocenters. The van der Waals surface area contributed by atoms with Crippen molar-refractivity contribution in [3.8, 4) is 5.75 Å². The molecule has 0 spiro atoms. The summed E-state index contributed by atoms with van der Waals surface area (Å²) >= 11 is 0. The van der Waals surface area contributed by atoms with Crippen molar-refractivity contribution in [1.82, 2.24) is 0 Å². The summed E-state index contributed by atoms with van der Waals surface area (Å²) in [6.45, 7) is 4.33. The smallest absolute Gasteiger partial charge is 0.227 e. The predicted molar refractivity (Wildman–Crippen MR) is 73.4 cm³/mol. The van der Waals surface area contributed by atoms with Crippen molar-refractivity contribution < 1.29 is 14.3 Å². The Kier molecular flexibility index (Phi) is 4.20. The molecule has 4 heteroatoms. The quantitative estimate of drug-likeness (QED) is 0.818. The third-order valence-corrected chi connectivity index (χ3v) is 3.32. The lowest BCUT2D eigenvalue weighted by Gasteiger charge is -2.18. The Hall–Kier alpha value is -1.84. The standard InChI is InChI=1S/C15H19NO3/c1-3-14(17)11(2)19-13-7-4-6-12(10-13)16-9-5-8-15(16)18/h4,6-7,10-11H,3,5,8-9H2,1-2H3. The highest BCUT2D eigenvalue weighted by Gasteiger charge is 2.22. The summed E-state index contributed by atoms with van der Waals surface area (Å²) in [5, 5.41) is 0. The number of ketones is 1. The van der Waals surface area contributed by atoms with Crippen LogP contribution in [0.1, 0.15) is 33.1 Å². The van der Waals surface area contributed by atoms with E-state index in [1.807, 2.05) is 31.2 Å². The van der Waals surface area contributed by atoms with Crippen LogP contribution in [0.25, 0.3) is 0 Å². The number of benzene rings is 1. The maximum Gasteiger partial charge on any atom is 0.227 e. The van der Waals surface area contributed by atoms with Gasteiger partial charge in [-0.3, -0.25) is 9.59 Å². The van der Waals surface area contributed by atoms with Gasteiger partial charge in [0.05, 0.1) is 0 Å². The van der Waals surface area contributed by atoms with Crippen LogP contribution in [0.4, 0.5) is 5.69 Å². The van der Waals surface area contributed by atoms with Crippen LogP contribution in [0.15, 0.2) is 24.3 Å². The van der Waals surface area contributed by atoms with Gasteiger partial charge in [-0.05, 0) is 25.5 Å². The number of ether oxygens (including phenoxy) is 1. The van der Waals surface area contributed by atoms with Gasteiger partial charge in [0, 0.05) is 31.1 Å². The summed E-state index contributed by atoms with van der Waals surface area (Å²) in [5.41, 5.74) is 0.844. The molecule has 1 heterocycles. The lowest BCUT2D eigenvalue weighted by molar-refractivity contribution is -0.124. The number of Topliss-reactive ketones (excluding diaryl/α,β-unsaturated/α-hetero) is 1. The monoisotopic (exact) mass is 261 g/mol. The van der Waals surface area contributed by atoms with Gasteiger partial charge in [0.25, 0.3) is 0 Å². The molecule has 1 fully saturated rings. The zero-order valence-corrected chi connectivity index (χ0v) is 11.4. The van der Waals surface area contributed by atoms with Crippen molar-refractivity contribution in [3.63, 3.8) is 0 Å². The highest BCUT2D eigenvalue weighted by atomic mass is 16.5. The van der Waals surface area contributed by atoms with E-state index in [4.69, 9.17) is 4.74 Å². The zero-order valence-electron chi connectivity index (χ0n) is 11.4. The van der Waals surface area contributed by atoms with Gasteiger partial charge in [-0.15, -0.1) is 0 Å². The number of hydrogen-bond donors (Lipinski definition) is 0. The van der Waals surface area contributed by atoms with Crippen LogP contribution in [0.3, 0.4) is 0 Å². The molecule has 1 amide bonds. The Balaban J connectivity index is 2.11. The van der Waals surface area contributed by atoms with Gasteiger partial charge >= 0.3 is 0 Å². The predicted octanol–water partition coefficient (Wildman–Crippen LogP) is 2.56. The Labute approximate surface area is 113 Å². The zero-order chi connectivity index (χ0) is 13.8. The molecule has 102 valence electrons. The summed E-state index contributed by atoms with van der Waals surface area (Å²) in [5.74, 6) is 0.851. The fourth-order valence-electron chi connectivity index (χ4n) is 2.20. The lowest BCUT2D eigenvalue weighted by atomic mass is 10.2. The maximum absolute atomic E-state index is 11.7. The molecule has 0 saturated carbocycles. The van der Waals surface area contributed by atoms with Crippen molar-refractivity contribution in [2.45, 2.75) is 39.2 Å². The molecule has 1 saturated heterocycles. The lowest BCUT2D eigenvalue weighted by Crippen LogP contribution is -2.24. The van der Waals surface area contributed by atoms with Gasteiger partial charge < -0.3 is 9.64 Å². The normalized spacial score (nSPS) is 16.5. The van der Waals surface area contributed by atoms with Gasteiger partial charge in [0.2, 0.25) is 5.91 Å².